The number of hydrogen-bond acceptors (Lipinski definition) is 6. The molecule has 1 aliphatic rings. The lowest BCUT2D eigenvalue weighted by molar-refractivity contribution is -0.0668. The number of morpholine rings is 1. The molecule has 0 spiro atoms. The van der Waals surface area contributed by atoms with Gasteiger partial charge in [0.1, 0.15) is 5.69 Å². The summed E-state index contributed by atoms with van der Waals surface area (Å²) in [6, 6.07) is -0.134. The van der Waals surface area contributed by atoms with Gasteiger partial charge in [0.2, 0.25) is 5.01 Å². The van der Waals surface area contributed by atoms with E-state index in [1.54, 1.807) is 4.90 Å². The highest BCUT2D eigenvalue weighted by Crippen LogP contribution is 2.17. The first-order valence-electron chi connectivity index (χ1n) is 5.75. The minimum atomic E-state index is -1.15. The summed E-state index contributed by atoms with van der Waals surface area (Å²) in [6.45, 7) is 2.28. The summed E-state index contributed by atoms with van der Waals surface area (Å²) in [4.78, 5) is 28.3. The van der Waals surface area contributed by atoms with Gasteiger partial charge >= 0.3 is 5.97 Å². The third-order valence-corrected chi connectivity index (χ3v) is 3.71. The number of carboxylic acid groups (broad SMARTS) is 1. The second-order valence-corrected chi connectivity index (χ2v) is 5.15. The van der Waals surface area contributed by atoms with Gasteiger partial charge in [0.05, 0.1) is 25.4 Å². The largest absolute Gasteiger partial charge is 0.476 e. The Morgan fingerprint density at radius 1 is 1.63 bits per heavy atom. The van der Waals surface area contributed by atoms with Crippen molar-refractivity contribution in [3.05, 3.63) is 16.1 Å². The topological polar surface area (TPSA) is 100.0 Å². The lowest BCUT2D eigenvalue weighted by Gasteiger charge is -2.37. The molecule has 1 amide bonds. The number of nitrogens with zero attached hydrogens (tertiary/aromatic N) is 2. The minimum Gasteiger partial charge on any atom is -0.476 e. The van der Waals surface area contributed by atoms with Gasteiger partial charge in [-0.3, -0.25) is 4.79 Å². The Morgan fingerprint density at radius 3 is 2.95 bits per heavy atom. The van der Waals surface area contributed by atoms with Gasteiger partial charge in [-0.1, -0.05) is 0 Å². The van der Waals surface area contributed by atoms with Crippen LogP contribution >= 0.6 is 11.3 Å². The number of ether oxygens (including phenoxy) is 1. The standard InChI is InChI=1S/C11H14N2O5S/c1-6-4-18-7(3-14)2-13(6)10(15)8-5-19-9(12-8)11(16)17/h5-7,14H,2-4H2,1H3,(H,16,17). The average molecular weight is 286 g/mol. The Hall–Kier alpha value is -1.51. The maximum Gasteiger partial charge on any atom is 0.365 e. The van der Waals surface area contributed by atoms with E-state index in [1.807, 2.05) is 6.92 Å². The first-order chi connectivity index (χ1) is 9.02. The quantitative estimate of drug-likeness (QED) is 0.815. The van der Waals surface area contributed by atoms with Crippen LogP contribution in [0.4, 0.5) is 0 Å². The van der Waals surface area contributed by atoms with Crippen LogP contribution in [0.15, 0.2) is 5.38 Å². The predicted octanol–water partition coefficient (Wildman–Crippen LogP) is 0.0631. The fraction of sp³-hybridized carbons (Fsp3) is 0.545. The number of thiazole rings is 1. The van der Waals surface area contributed by atoms with Gasteiger partial charge in [0, 0.05) is 11.9 Å². The Balaban J connectivity index is 2.14. The summed E-state index contributed by atoms with van der Waals surface area (Å²) < 4.78 is 5.34. The van der Waals surface area contributed by atoms with Crippen LogP contribution in [0.25, 0.3) is 0 Å². The molecule has 8 heteroatoms. The number of aromatic nitrogens is 1. The van der Waals surface area contributed by atoms with E-state index >= 15 is 0 Å². The normalized spacial score (nSPS) is 23.4. The molecular weight excluding hydrogens is 272 g/mol. The van der Waals surface area contributed by atoms with E-state index in [2.05, 4.69) is 4.98 Å². The molecular formula is C11H14N2O5S. The predicted molar refractivity (Wildman–Crippen MR) is 66.4 cm³/mol. The zero-order chi connectivity index (χ0) is 14.0. The summed E-state index contributed by atoms with van der Waals surface area (Å²) in [6.07, 6.45) is -0.405. The van der Waals surface area contributed by atoms with Crippen LogP contribution in [0, 0.1) is 0 Å². The average Bonchev–Trinajstić information content (AvgIpc) is 2.88. The lowest BCUT2D eigenvalue weighted by atomic mass is 10.2. The number of aromatic carboxylic acids is 1. The molecule has 1 aromatic rings. The highest BCUT2D eigenvalue weighted by atomic mass is 32.1. The van der Waals surface area contributed by atoms with E-state index in [-0.39, 0.29) is 35.8 Å². The van der Waals surface area contributed by atoms with E-state index in [4.69, 9.17) is 14.9 Å². The van der Waals surface area contributed by atoms with Crippen molar-refractivity contribution in [1.82, 2.24) is 9.88 Å². The molecule has 1 fully saturated rings. The Morgan fingerprint density at radius 2 is 2.37 bits per heavy atom. The minimum absolute atomic E-state index is 0.108. The van der Waals surface area contributed by atoms with Crippen LogP contribution in [0.3, 0.4) is 0 Å². The Bertz CT molecular complexity index is 489. The molecule has 0 aromatic carbocycles. The van der Waals surface area contributed by atoms with Crippen molar-refractivity contribution >= 4 is 23.2 Å². The molecule has 104 valence electrons. The molecule has 1 aromatic heterocycles. The van der Waals surface area contributed by atoms with Crippen LogP contribution in [0.1, 0.15) is 27.2 Å². The third kappa shape index (κ3) is 2.91. The van der Waals surface area contributed by atoms with Crippen molar-refractivity contribution in [3.8, 4) is 0 Å². The summed E-state index contributed by atoms with van der Waals surface area (Å²) in [5, 5.41) is 19.2. The van der Waals surface area contributed by atoms with Crippen LogP contribution in [-0.2, 0) is 4.74 Å². The number of carbonyl (C=O) groups excluding carboxylic acids is 1. The maximum absolute atomic E-state index is 12.2. The first-order valence-corrected chi connectivity index (χ1v) is 6.63. The van der Waals surface area contributed by atoms with E-state index in [9.17, 15) is 9.59 Å². The van der Waals surface area contributed by atoms with E-state index in [0.717, 1.165) is 11.3 Å². The monoisotopic (exact) mass is 286 g/mol. The molecule has 2 heterocycles. The second kappa shape index (κ2) is 5.64. The van der Waals surface area contributed by atoms with Crippen LogP contribution in [-0.4, -0.2) is 63.9 Å². The molecule has 0 aliphatic carbocycles. The molecule has 19 heavy (non-hydrogen) atoms. The molecule has 0 bridgehead atoms. The van der Waals surface area contributed by atoms with Gasteiger partial charge in [-0.15, -0.1) is 11.3 Å². The summed E-state index contributed by atoms with van der Waals surface area (Å²) in [5.41, 5.74) is 0.118. The lowest BCUT2D eigenvalue weighted by Crippen LogP contribution is -2.52. The van der Waals surface area contributed by atoms with E-state index in [1.165, 1.54) is 5.38 Å². The summed E-state index contributed by atoms with van der Waals surface area (Å²) >= 11 is 0.919. The molecule has 2 unspecified atom stereocenters. The number of rotatable bonds is 3. The molecule has 2 rings (SSSR count). The SMILES string of the molecule is CC1COC(CO)CN1C(=O)c1csc(C(=O)O)n1. The molecule has 2 N–H and O–H groups in total. The van der Waals surface area contributed by atoms with Gasteiger partial charge in [0.25, 0.3) is 5.91 Å². The van der Waals surface area contributed by atoms with Crippen molar-refractivity contribution in [2.45, 2.75) is 19.1 Å². The molecule has 0 saturated carbocycles. The van der Waals surface area contributed by atoms with Crippen molar-refractivity contribution < 1.29 is 24.5 Å². The van der Waals surface area contributed by atoms with Gasteiger partial charge in [-0.05, 0) is 6.92 Å². The zero-order valence-electron chi connectivity index (χ0n) is 10.3. The fourth-order valence-electron chi connectivity index (χ4n) is 1.83. The van der Waals surface area contributed by atoms with Gasteiger partial charge in [-0.2, -0.15) is 0 Å². The number of amides is 1. The van der Waals surface area contributed by atoms with E-state index in [0.29, 0.717) is 6.61 Å². The molecule has 7 nitrogen and oxygen atoms in total. The maximum atomic E-state index is 12.2. The Labute approximate surface area is 113 Å². The van der Waals surface area contributed by atoms with Gasteiger partial charge in [0.15, 0.2) is 0 Å². The molecule has 2 atom stereocenters. The summed E-state index contributed by atoms with van der Waals surface area (Å²) in [7, 11) is 0. The molecule has 1 saturated heterocycles. The molecule has 0 radical (unpaired) electrons. The number of aliphatic hydroxyl groups is 1. The highest BCUT2D eigenvalue weighted by molar-refractivity contribution is 7.11. The third-order valence-electron chi connectivity index (χ3n) is 2.88. The number of carboxylic acids is 1. The summed E-state index contributed by atoms with van der Waals surface area (Å²) in [5.74, 6) is -1.48. The van der Waals surface area contributed by atoms with Crippen LogP contribution < -0.4 is 0 Å². The van der Waals surface area contributed by atoms with Crippen molar-refractivity contribution in [2.24, 2.45) is 0 Å². The number of carbonyl (C=O) groups is 2. The Kier molecular flexibility index (Phi) is 4.13. The zero-order valence-corrected chi connectivity index (χ0v) is 11.1. The van der Waals surface area contributed by atoms with Crippen LogP contribution in [0.5, 0.6) is 0 Å². The fourth-order valence-corrected chi connectivity index (χ4v) is 2.46. The first kappa shape index (κ1) is 13.9. The van der Waals surface area contributed by atoms with Gasteiger partial charge in [-0.25, -0.2) is 9.78 Å². The highest BCUT2D eigenvalue weighted by Gasteiger charge is 2.31. The number of hydrogen-bond donors (Lipinski definition) is 2. The van der Waals surface area contributed by atoms with Crippen LogP contribution in [0.2, 0.25) is 0 Å². The van der Waals surface area contributed by atoms with Crippen molar-refractivity contribution in [1.29, 1.82) is 0 Å². The second-order valence-electron chi connectivity index (χ2n) is 4.29. The smallest absolute Gasteiger partial charge is 0.365 e. The van der Waals surface area contributed by atoms with Crippen molar-refractivity contribution in [3.63, 3.8) is 0 Å². The van der Waals surface area contributed by atoms with Gasteiger partial charge < -0.3 is 19.8 Å². The molecule has 1 aliphatic heterocycles. The van der Waals surface area contributed by atoms with Crippen molar-refractivity contribution in [2.75, 3.05) is 19.8 Å². The van der Waals surface area contributed by atoms with E-state index < -0.39 is 12.1 Å². The number of aliphatic hydroxyl groups excluding tert-OH is 1.